The molecule has 0 heterocycles. The van der Waals surface area contributed by atoms with Crippen LogP contribution in [-0.4, -0.2) is 24.7 Å². The van der Waals surface area contributed by atoms with Crippen LogP contribution in [0.25, 0.3) is 0 Å². The lowest BCUT2D eigenvalue weighted by Crippen LogP contribution is -2.37. The first-order valence-electron chi connectivity index (χ1n) is 5.54. The van der Waals surface area contributed by atoms with Gasteiger partial charge in [-0.1, -0.05) is 22.9 Å². The molecule has 1 aromatic rings. The molecule has 0 fully saturated rings. The van der Waals surface area contributed by atoms with Gasteiger partial charge in [0.1, 0.15) is 5.75 Å². The van der Waals surface area contributed by atoms with Crippen molar-refractivity contribution in [2.24, 2.45) is 0 Å². The maximum Gasteiger partial charge on any atom is 0.261 e. The first-order valence-corrected chi connectivity index (χ1v) is 6.74. The maximum atomic E-state index is 12.0. The molecular weight excluding hydrogens is 316 g/mol. The second-order valence-corrected chi connectivity index (χ2v) is 4.85. The predicted octanol–water partition coefficient (Wildman–Crippen LogP) is 2.47. The van der Waals surface area contributed by atoms with Crippen LogP contribution in [0.5, 0.6) is 5.75 Å². The van der Waals surface area contributed by atoms with Crippen LogP contribution in [0, 0.1) is 0 Å². The summed E-state index contributed by atoms with van der Waals surface area (Å²) < 4.78 is 6.34. The Morgan fingerprint density at radius 1 is 1.50 bits per heavy atom. The van der Waals surface area contributed by atoms with Crippen LogP contribution in [0.1, 0.15) is 23.7 Å². The highest BCUT2D eigenvalue weighted by atomic mass is 79.9. The second-order valence-electron chi connectivity index (χ2n) is 3.52. The van der Waals surface area contributed by atoms with Gasteiger partial charge in [-0.25, -0.2) is 0 Å². The Labute approximate surface area is 120 Å². The molecule has 0 aliphatic rings. The van der Waals surface area contributed by atoms with Crippen LogP contribution in [0.15, 0.2) is 22.7 Å². The summed E-state index contributed by atoms with van der Waals surface area (Å²) in [6.45, 7) is 2.58. The van der Waals surface area contributed by atoms with Gasteiger partial charge < -0.3 is 10.1 Å². The topological polar surface area (TPSA) is 50.4 Å². The van der Waals surface area contributed by atoms with E-state index in [9.17, 15) is 4.79 Å². The average molecular weight is 331 g/mol. The molecule has 0 spiro atoms. The summed E-state index contributed by atoms with van der Waals surface area (Å²) in [5, 5.41) is 5.54. The monoisotopic (exact) mass is 330 g/mol. The summed E-state index contributed by atoms with van der Waals surface area (Å²) in [7, 11) is 1.65. The predicted molar refractivity (Wildman–Crippen MR) is 79.1 cm³/mol. The summed E-state index contributed by atoms with van der Waals surface area (Å²) in [6.07, 6.45) is 0.881. The van der Waals surface area contributed by atoms with Gasteiger partial charge in [0.2, 0.25) is 0 Å². The minimum Gasteiger partial charge on any atom is -0.493 e. The minimum absolute atomic E-state index is 0.279. The molecule has 2 N–H and O–H groups in total. The van der Waals surface area contributed by atoms with Crippen molar-refractivity contribution >= 4 is 39.2 Å². The summed E-state index contributed by atoms with van der Waals surface area (Å²) >= 11 is 8.23. The summed E-state index contributed by atoms with van der Waals surface area (Å²) in [5.41, 5.74) is 0.454. The van der Waals surface area contributed by atoms with Gasteiger partial charge in [0.25, 0.3) is 5.91 Å². The lowest BCUT2D eigenvalue weighted by atomic mass is 10.2. The van der Waals surface area contributed by atoms with E-state index in [-0.39, 0.29) is 11.0 Å². The Kier molecular flexibility index (Phi) is 6.07. The van der Waals surface area contributed by atoms with Crippen molar-refractivity contribution in [1.82, 2.24) is 10.6 Å². The van der Waals surface area contributed by atoms with Crippen molar-refractivity contribution in [3.63, 3.8) is 0 Å². The summed E-state index contributed by atoms with van der Waals surface area (Å²) in [4.78, 5) is 12.0. The molecule has 0 aliphatic carbocycles. The molecule has 0 aliphatic heterocycles. The van der Waals surface area contributed by atoms with E-state index in [2.05, 4.69) is 26.6 Å². The van der Waals surface area contributed by atoms with Gasteiger partial charge in [0, 0.05) is 11.5 Å². The molecule has 1 aromatic carbocycles. The number of amides is 1. The molecule has 0 bridgehead atoms. The molecule has 0 radical (unpaired) electrons. The number of nitrogens with one attached hydrogen (secondary N) is 2. The smallest absolute Gasteiger partial charge is 0.261 e. The largest absolute Gasteiger partial charge is 0.493 e. The van der Waals surface area contributed by atoms with Crippen LogP contribution in [0.3, 0.4) is 0 Å². The highest BCUT2D eigenvalue weighted by Gasteiger charge is 2.14. The quantitative estimate of drug-likeness (QED) is 0.833. The van der Waals surface area contributed by atoms with Crippen LogP contribution in [0.2, 0.25) is 0 Å². The van der Waals surface area contributed by atoms with Crippen LogP contribution in [-0.2, 0) is 0 Å². The van der Waals surface area contributed by atoms with Crippen LogP contribution in [0.4, 0.5) is 0 Å². The number of carbonyl (C=O) groups is 1. The SMILES string of the molecule is CCCOc1ccc(Br)cc1C(=O)NC(=S)NC. The Bertz CT molecular complexity index is 452. The molecule has 98 valence electrons. The van der Waals surface area contributed by atoms with E-state index in [0.717, 1.165) is 10.9 Å². The number of halogens is 1. The number of thiocarbonyl (C=S) groups is 1. The fourth-order valence-electron chi connectivity index (χ4n) is 1.25. The first kappa shape index (κ1) is 14.9. The first-order chi connectivity index (χ1) is 8.58. The molecule has 0 saturated heterocycles. The lowest BCUT2D eigenvalue weighted by Gasteiger charge is -2.12. The zero-order valence-corrected chi connectivity index (χ0v) is 12.7. The molecule has 0 saturated carbocycles. The molecule has 0 aromatic heterocycles. The standard InChI is InChI=1S/C12H15BrN2O2S/c1-3-6-17-10-5-4-8(13)7-9(10)11(16)15-12(18)14-2/h4-5,7H,3,6H2,1-2H3,(H2,14,15,16,18). The maximum absolute atomic E-state index is 12.0. The number of rotatable bonds is 4. The van der Waals surface area contributed by atoms with Gasteiger partial charge >= 0.3 is 0 Å². The van der Waals surface area contributed by atoms with Crippen molar-refractivity contribution in [3.05, 3.63) is 28.2 Å². The van der Waals surface area contributed by atoms with Gasteiger partial charge in [-0.3, -0.25) is 10.1 Å². The Morgan fingerprint density at radius 2 is 2.22 bits per heavy atom. The van der Waals surface area contributed by atoms with Crippen molar-refractivity contribution in [1.29, 1.82) is 0 Å². The van der Waals surface area contributed by atoms with E-state index in [4.69, 9.17) is 17.0 Å². The lowest BCUT2D eigenvalue weighted by molar-refractivity contribution is 0.0972. The summed E-state index contributed by atoms with van der Waals surface area (Å²) in [5.74, 6) is 0.262. The Morgan fingerprint density at radius 3 is 2.83 bits per heavy atom. The van der Waals surface area contributed by atoms with E-state index in [0.29, 0.717) is 17.9 Å². The Hall–Kier alpha value is -1.14. The van der Waals surface area contributed by atoms with Crippen molar-refractivity contribution in [3.8, 4) is 5.75 Å². The van der Waals surface area contributed by atoms with E-state index in [1.54, 1.807) is 19.2 Å². The van der Waals surface area contributed by atoms with Gasteiger partial charge in [0.15, 0.2) is 5.11 Å². The fraction of sp³-hybridized carbons (Fsp3) is 0.333. The zero-order chi connectivity index (χ0) is 13.5. The van der Waals surface area contributed by atoms with E-state index in [1.165, 1.54) is 0 Å². The van der Waals surface area contributed by atoms with E-state index in [1.807, 2.05) is 13.0 Å². The number of hydrogen-bond acceptors (Lipinski definition) is 3. The highest BCUT2D eigenvalue weighted by molar-refractivity contribution is 9.10. The summed E-state index contributed by atoms with van der Waals surface area (Å²) in [6, 6.07) is 5.30. The number of hydrogen-bond donors (Lipinski definition) is 2. The minimum atomic E-state index is -0.290. The van der Waals surface area contributed by atoms with Gasteiger partial charge in [-0.15, -0.1) is 0 Å². The van der Waals surface area contributed by atoms with E-state index >= 15 is 0 Å². The number of carbonyl (C=O) groups excluding carboxylic acids is 1. The Balaban J connectivity index is 2.93. The van der Waals surface area contributed by atoms with Gasteiger partial charge in [0.05, 0.1) is 12.2 Å². The zero-order valence-electron chi connectivity index (χ0n) is 10.2. The third kappa shape index (κ3) is 4.27. The molecule has 0 atom stereocenters. The third-order valence-electron chi connectivity index (χ3n) is 2.10. The van der Waals surface area contributed by atoms with Gasteiger partial charge in [-0.2, -0.15) is 0 Å². The fourth-order valence-corrected chi connectivity index (χ4v) is 1.70. The van der Waals surface area contributed by atoms with Crippen LogP contribution < -0.4 is 15.4 Å². The molecular formula is C12H15BrN2O2S. The van der Waals surface area contributed by atoms with Gasteiger partial charge in [-0.05, 0) is 36.8 Å². The van der Waals surface area contributed by atoms with Crippen LogP contribution >= 0.6 is 28.1 Å². The normalized spacial score (nSPS) is 9.72. The molecule has 1 rings (SSSR count). The van der Waals surface area contributed by atoms with Crippen molar-refractivity contribution in [2.45, 2.75) is 13.3 Å². The van der Waals surface area contributed by atoms with Crippen molar-refractivity contribution < 1.29 is 9.53 Å². The number of ether oxygens (including phenoxy) is 1. The highest BCUT2D eigenvalue weighted by Crippen LogP contribution is 2.23. The van der Waals surface area contributed by atoms with Crippen molar-refractivity contribution in [2.75, 3.05) is 13.7 Å². The second kappa shape index (κ2) is 7.33. The third-order valence-corrected chi connectivity index (χ3v) is 2.90. The molecule has 0 unspecified atom stereocenters. The average Bonchev–Trinajstić information content (AvgIpc) is 2.36. The molecule has 18 heavy (non-hydrogen) atoms. The molecule has 6 heteroatoms. The number of benzene rings is 1. The molecule has 1 amide bonds. The van der Waals surface area contributed by atoms with E-state index < -0.39 is 0 Å². The molecule has 4 nitrogen and oxygen atoms in total.